The quantitative estimate of drug-likeness (QED) is 0.191. The fourth-order valence-electron chi connectivity index (χ4n) is 4.52. The first-order valence-electron chi connectivity index (χ1n) is 11.0. The number of aromatic nitrogens is 3. The minimum absolute atomic E-state index is 0.0883. The number of aryl methyl sites for hydroxylation is 1. The molecule has 4 unspecified atom stereocenters. The Morgan fingerprint density at radius 1 is 0.886 bits per heavy atom. The van der Waals surface area contributed by atoms with Crippen LogP contribution in [0.2, 0.25) is 0 Å². The summed E-state index contributed by atoms with van der Waals surface area (Å²) in [6, 6.07) is 12.7. The molecule has 0 aliphatic carbocycles. The lowest BCUT2D eigenvalue weighted by molar-refractivity contribution is 0.748. The fourth-order valence-corrected chi connectivity index (χ4v) is 7.60. The van der Waals surface area contributed by atoms with Gasteiger partial charge in [-0.05, 0) is 124 Å². The summed E-state index contributed by atoms with van der Waals surface area (Å²) in [5, 5.41) is 2.06. The molecule has 176 valence electrons. The smallest absolute Gasteiger partial charge is 0.148 e. The minimum atomic E-state index is -0.405. The van der Waals surface area contributed by atoms with E-state index in [4.69, 9.17) is 15.0 Å². The highest BCUT2D eigenvalue weighted by Gasteiger charge is 2.43. The molecule has 0 amide bonds. The number of halogens is 4. The van der Waals surface area contributed by atoms with Gasteiger partial charge in [-0.15, -0.1) is 0 Å². The maximum absolute atomic E-state index is 5.29. The van der Waals surface area contributed by atoms with Crippen molar-refractivity contribution in [3.63, 3.8) is 0 Å². The molecule has 3 aliphatic rings. The van der Waals surface area contributed by atoms with Crippen molar-refractivity contribution in [1.82, 2.24) is 14.5 Å². The lowest BCUT2D eigenvalue weighted by Crippen LogP contribution is -2.32. The van der Waals surface area contributed by atoms with E-state index < -0.39 is 3.55 Å². The van der Waals surface area contributed by atoms with Gasteiger partial charge in [-0.3, -0.25) is 14.6 Å². The van der Waals surface area contributed by atoms with Crippen LogP contribution >= 0.6 is 90.4 Å². The normalized spacial score (nSPS) is 28.9. The maximum Gasteiger partial charge on any atom is 0.148 e. The maximum atomic E-state index is 5.29. The second-order valence-corrected chi connectivity index (χ2v) is 14.7. The highest BCUT2D eigenvalue weighted by molar-refractivity contribution is 14.1. The second-order valence-electron chi connectivity index (χ2n) is 8.74. The van der Waals surface area contributed by atoms with E-state index in [2.05, 4.69) is 174 Å². The Morgan fingerprint density at radius 3 is 2.43 bits per heavy atom. The number of hydrogen-bond donors (Lipinski definition) is 1. The van der Waals surface area contributed by atoms with Gasteiger partial charge in [0.05, 0.1) is 19.3 Å². The molecule has 0 radical (unpaired) electrons. The number of alkyl halides is 4. The molecule has 35 heavy (non-hydrogen) atoms. The summed E-state index contributed by atoms with van der Waals surface area (Å²) < 4.78 is 1.71. The van der Waals surface area contributed by atoms with Gasteiger partial charge in [-0.1, -0.05) is 51.2 Å². The second kappa shape index (κ2) is 9.19. The minimum Gasteiger partial charge on any atom is -0.355 e. The van der Waals surface area contributed by atoms with E-state index in [1.165, 1.54) is 5.69 Å². The SMILES string of the molecule is Cc1cccnc1-n1c2ccc1C(I)C1(I)C=CC(=N1)C(I)C1(I)C=CC(=N1)C=c1ccc([nH]1)=C2. The molecule has 0 fully saturated rings. The third kappa shape index (κ3) is 4.35. The number of nitrogens with zero attached hydrogens (tertiary/aromatic N) is 4. The molecule has 0 saturated heterocycles. The highest BCUT2D eigenvalue weighted by atomic mass is 127. The number of aromatic amines is 1. The standard InChI is InChI=1S/C26H19I4N5/c1-15-3-2-12-31-24(15)35-19-6-7-21(35)23(28)26(30)11-9-20(34-26)22(27)25(29)10-8-18(33-25)13-16-4-5-17(14-19)32-16/h2-14,22-23,32H,1H3. The third-order valence-electron chi connectivity index (χ3n) is 6.28. The Balaban J connectivity index is 1.63. The van der Waals surface area contributed by atoms with E-state index in [9.17, 15) is 0 Å². The monoisotopic (exact) mass is 909 g/mol. The molecule has 3 aliphatic heterocycles. The van der Waals surface area contributed by atoms with E-state index in [1.807, 2.05) is 12.3 Å². The summed E-state index contributed by atoms with van der Waals surface area (Å²) in [4.78, 5) is 18.7. The van der Waals surface area contributed by atoms with E-state index >= 15 is 0 Å². The van der Waals surface area contributed by atoms with Crippen LogP contribution in [-0.2, 0) is 0 Å². The van der Waals surface area contributed by atoms with Crippen LogP contribution in [-0.4, -0.2) is 37.0 Å². The van der Waals surface area contributed by atoms with E-state index in [0.717, 1.165) is 39.2 Å². The summed E-state index contributed by atoms with van der Waals surface area (Å²) in [6.07, 6.45) is 14.9. The molecule has 0 saturated carbocycles. The van der Waals surface area contributed by atoms with Gasteiger partial charge in [0.1, 0.15) is 12.9 Å². The number of pyridine rings is 1. The van der Waals surface area contributed by atoms with Crippen molar-refractivity contribution in [2.24, 2.45) is 9.98 Å². The lowest BCUT2D eigenvalue weighted by Gasteiger charge is -2.27. The largest absolute Gasteiger partial charge is 0.355 e. The molecule has 3 aromatic heterocycles. The zero-order valence-corrected chi connectivity index (χ0v) is 27.1. The first kappa shape index (κ1) is 24.5. The van der Waals surface area contributed by atoms with Crippen LogP contribution < -0.4 is 10.7 Å². The highest BCUT2D eigenvalue weighted by Crippen LogP contribution is 2.48. The molecular formula is C26H19I4N5. The Labute approximate surface area is 257 Å². The van der Waals surface area contributed by atoms with Crippen LogP contribution in [0.25, 0.3) is 18.0 Å². The average Bonchev–Trinajstić information content (AvgIpc) is 3.62. The Kier molecular flexibility index (Phi) is 6.44. The molecular weight excluding hydrogens is 890 g/mol. The van der Waals surface area contributed by atoms with Gasteiger partial charge in [0, 0.05) is 28.3 Å². The topological polar surface area (TPSA) is 58.3 Å². The molecule has 0 aromatic carbocycles. The van der Waals surface area contributed by atoms with Crippen LogP contribution in [0.4, 0.5) is 0 Å². The van der Waals surface area contributed by atoms with Crippen LogP contribution in [0.15, 0.2) is 76.9 Å². The number of hydrogen-bond acceptors (Lipinski definition) is 3. The van der Waals surface area contributed by atoms with Crippen LogP contribution in [0.3, 0.4) is 0 Å². The van der Waals surface area contributed by atoms with Gasteiger partial charge in [0.25, 0.3) is 0 Å². The zero-order chi connectivity index (χ0) is 24.4. The first-order chi connectivity index (χ1) is 16.8. The van der Waals surface area contributed by atoms with Crippen LogP contribution in [0.1, 0.15) is 20.9 Å². The average molecular weight is 909 g/mol. The number of nitrogens with one attached hydrogen (secondary N) is 1. The first-order valence-corrected chi connectivity index (χ1v) is 15.7. The summed E-state index contributed by atoms with van der Waals surface area (Å²) in [5.41, 5.74) is 5.41. The van der Waals surface area contributed by atoms with E-state index in [1.54, 1.807) is 0 Å². The third-order valence-corrected chi connectivity index (χ3v) is 14.3. The molecule has 9 heteroatoms. The Morgan fingerprint density at radius 2 is 1.63 bits per heavy atom. The van der Waals surface area contributed by atoms with Gasteiger partial charge in [0.2, 0.25) is 0 Å². The summed E-state index contributed by atoms with van der Waals surface area (Å²) in [5.74, 6) is 0.945. The van der Waals surface area contributed by atoms with E-state index in [-0.39, 0.29) is 11.4 Å². The lowest BCUT2D eigenvalue weighted by atomic mass is 10.1. The van der Waals surface area contributed by atoms with Crippen molar-refractivity contribution in [2.45, 2.75) is 21.9 Å². The predicted molar refractivity (Wildman–Crippen MR) is 178 cm³/mol. The molecule has 6 heterocycles. The van der Waals surface area contributed by atoms with Crippen LogP contribution in [0.5, 0.6) is 0 Å². The molecule has 5 nitrogen and oxygen atoms in total. The predicted octanol–water partition coefficient (Wildman–Crippen LogP) is 5.70. The Bertz CT molecular complexity index is 1590. The zero-order valence-electron chi connectivity index (χ0n) is 18.5. The number of fused-ring (bicyclic) bond motifs is 6. The van der Waals surface area contributed by atoms with Gasteiger partial charge < -0.3 is 4.98 Å². The van der Waals surface area contributed by atoms with Gasteiger partial charge in [-0.25, -0.2) is 4.98 Å². The summed E-state index contributed by atoms with van der Waals surface area (Å²) in [7, 11) is 0. The van der Waals surface area contributed by atoms with E-state index in [0.29, 0.717) is 0 Å². The Hall–Kier alpha value is -0.810. The van der Waals surface area contributed by atoms with Crippen molar-refractivity contribution >= 4 is 114 Å². The number of H-pyrrole nitrogens is 1. The van der Waals surface area contributed by atoms with Crippen LogP contribution in [0, 0.1) is 6.92 Å². The van der Waals surface area contributed by atoms with Crippen molar-refractivity contribution in [3.05, 3.63) is 94.5 Å². The van der Waals surface area contributed by atoms with Crippen molar-refractivity contribution in [2.75, 3.05) is 0 Å². The van der Waals surface area contributed by atoms with Gasteiger partial charge >= 0.3 is 0 Å². The number of aliphatic imine (C=N–C) groups is 2. The molecule has 1 N–H and O–H groups in total. The summed E-state index contributed by atoms with van der Waals surface area (Å²) >= 11 is 10.0. The summed E-state index contributed by atoms with van der Waals surface area (Å²) in [6.45, 7) is 2.11. The molecule has 4 atom stereocenters. The van der Waals surface area contributed by atoms with Gasteiger partial charge in [-0.2, -0.15) is 0 Å². The molecule has 6 rings (SSSR count). The van der Waals surface area contributed by atoms with Gasteiger partial charge in [0.15, 0.2) is 0 Å². The van der Waals surface area contributed by atoms with Crippen molar-refractivity contribution in [1.29, 1.82) is 0 Å². The van der Waals surface area contributed by atoms with Crippen molar-refractivity contribution < 1.29 is 0 Å². The van der Waals surface area contributed by atoms with Crippen molar-refractivity contribution in [3.8, 4) is 5.82 Å². The molecule has 3 aromatic rings. The molecule has 0 spiro atoms. The number of rotatable bonds is 1. The fraction of sp³-hybridized carbons (Fsp3) is 0.192. The molecule has 8 bridgehead atoms. The number of allylic oxidation sites excluding steroid dienone is 2.